The first-order valence-corrected chi connectivity index (χ1v) is 8.87. The smallest absolute Gasteiger partial charge is 0.0195 e. The molecule has 0 radical (unpaired) electrons. The van der Waals surface area contributed by atoms with Crippen LogP contribution in [0.3, 0.4) is 0 Å². The summed E-state index contributed by atoms with van der Waals surface area (Å²) < 4.78 is 0. The van der Waals surface area contributed by atoms with E-state index in [0.717, 1.165) is 18.4 Å². The zero-order valence-corrected chi connectivity index (χ0v) is 13.8. The van der Waals surface area contributed by atoms with Crippen molar-refractivity contribution in [3.63, 3.8) is 0 Å². The first-order valence-electron chi connectivity index (χ1n) is 8.87. The van der Waals surface area contributed by atoms with Gasteiger partial charge in [0.25, 0.3) is 0 Å². The summed E-state index contributed by atoms with van der Waals surface area (Å²) in [5, 5.41) is 3.91. The van der Waals surface area contributed by atoms with Crippen LogP contribution in [0.2, 0.25) is 0 Å². The molecule has 4 atom stereocenters. The molecule has 0 aliphatic heterocycles. The minimum absolute atomic E-state index is 0.456. The van der Waals surface area contributed by atoms with Crippen molar-refractivity contribution in [2.45, 2.75) is 70.3 Å². The third kappa shape index (κ3) is 2.08. The molecule has 0 amide bonds. The number of nitrogens with one attached hydrogen (secondary N) is 1. The largest absolute Gasteiger partial charge is 0.311 e. The van der Waals surface area contributed by atoms with Crippen LogP contribution in [0.25, 0.3) is 0 Å². The van der Waals surface area contributed by atoms with E-state index < -0.39 is 0 Å². The number of hydrogen-bond acceptors (Lipinski definition) is 1. The van der Waals surface area contributed by atoms with Gasteiger partial charge < -0.3 is 5.32 Å². The van der Waals surface area contributed by atoms with Gasteiger partial charge in [-0.15, -0.1) is 0 Å². The van der Waals surface area contributed by atoms with Crippen LogP contribution >= 0.6 is 0 Å². The van der Waals surface area contributed by atoms with E-state index in [2.05, 4.69) is 44.3 Å². The zero-order chi connectivity index (χ0) is 14.7. The van der Waals surface area contributed by atoms with Gasteiger partial charge in [0.05, 0.1) is 0 Å². The summed E-state index contributed by atoms with van der Waals surface area (Å²) in [5.41, 5.74) is 5.48. The van der Waals surface area contributed by atoms with Crippen LogP contribution in [0.4, 0.5) is 0 Å². The number of benzene rings is 1. The Hall–Kier alpha value is -0.820. The van der Waals surface area contributed by atoms with Crippen LogP contribution in [0.5, 0.6) is 0 Å². The normalized spacial score (nSPS) is 40.7. The topological polar surface area (TPSA) is 12.0 Å². The first kappa shape index (κ1) is 13.8. The molecule has 114 valence electrons. The maximum absolute atomic E-state index is 3.91. The minimum Gasteiger partial charge on any atom is -0.311 e. The highest BCUT2D eigenvalue weighted by Crippen LogP contribution is 2.62. The molecule has 4 aliphatic rings. The third-order valence-electron chi connectivity index (χ3n) is 6.73. The Labute approximate surface area is 129 Å². The summed E-state index contributed by atoms with van der Waals surface area (Å²) in [5.74, 6) is 1.93. The molecule has 0 aromatic heterocycles. The van der Waals surface area contributed by atoms with E-state index in [1.165, 1.54) is 49.7 Å². The summed E-state index contributed by atoms with van der Waals surface area (Å²) in [6.07, 6.45) is 8.63. The zero-order valence-electron chi connectivity index (χ0n) is 13.8. The van der Waals surface area contributed by atoms with Gasteiger partial charge in [0, 0.05) is 5.54 Å². The predicted molar refractivity (Wildman–Crippen MR) is 88.7 cm³/mol. The van der Waals surface area contributed by atoms with Crippen molar-refractivity contribution in [3.8, 4) is 0 Å². The second kappa shape index (κ2) is 4.59. The molecular weight excluding hydrogens is 254 g/mol. The van der Waals surface area contributed by atoms with E-state index in [4.69, 9.17) is 0 Å². The van der Waals surface area contributed by atoms with Crippen molar-refractivity contribution in [2.75, 3.05) is 6.54 Å². The fourth-order valence-electron chi connectivity index (χ4n) is 6.25. The Morgan fingerprint density at radius 2 is 1.76 bits per heavy atom. The monoisotopic (exact) mass is 283 g/mol. The highest BCUT2D eigenvalue weighted by Gasteiger charge is 2.57. The van der Waals surface area contributed by atoms with Gasteiger partial charge in [0.1, 0.15) is 0 Å². The molecule has 1 N–H and O–H groups in total. The summed E-state index contributed by atoms with van der Waals surface area (Å²) in [6.45, 7) is 7.92. The van der Waals surface area contributed by atoms with E-state index >= 15 is 0 Å². The second-order valence-corrected chi connectivity index (χ2v) is 8.35. The van der Waals surface area contributed by atoms with Crippen molar-refractivity contribution in [3.05, 3.63) is 34.9 Å². The summed E-state index contributed by atoms with van der Waals surface area (Å²) in [4.78, 5) is 0. The Balaban J connectivity index is 1.75. The molecule has 1 heteroatoms. The molecule has 4 saturated carbocycles. The Morgan fingerprint density at radius 1 is 1.05 bits per heavy atom. The standard InChI is InChI=1S/C20H29N/c1-4-21-20-11-16-8-17(12-20)10-19(9-16,13-20)18-6-5-14(2)15(3)7-18/h5-7,16-17,21H,4,8-13H2,1-3H3/t16-,17+,19?,20?. The van der Waals surface area contributed by atoms with Crippen LogP contribution in [-0.2, 0) is 5.41 Å². The van der Waals surface area contributed by atoms with Crippen molar-refractivity contribution in [1.82, 2.24) is 5.32 Å². The van der Waals surface area contributed by atoms with Crippen LogP contribution < -0.4 is 5.32 Å². The maximum atomic E-state index is 3.91. The molecule has 4 bridgehead atoms. The van der Waals surface area contributed by atoms with Gasteiger partial charge in [-0.3, -0.25) is 0 Å². The third-order valence-corrected chi connectivity index (χ3v) is 6.73. The van der Waals surface area contributed by atoms with E-state index in [-0.39, 0.29) is 0 Å². The molecule has 5 rings (SSSR count). The van der Waals surface area contributed by atoms with Gasteiger partial charge >= 0.3 is 0 Å². The van der Waals surface area contributed by atoms with Crippen molar-refractivity contribution >= 4 is 0 Å². The van der Waals surface area contributed by atoms with Crippen LogP contribution in [0, 0.1) is 25.7 Å². The molecule has 1 aromatic rings. The van der Waals surface area contributed by atoms with Crippen molar-refractivity contribution in [2.24, 2.45) is 11.8 Å². The average Bonchev–Trinajstić information content (AvgIpc) is 2.40. The molecule has 0 heterocycles. The lowest BCUT2D eigenvalue weighted by atomic mass is 9.45. The van der Waals surface area contributed by atoms with Gasteiger partial charge in [0.15, 0.2) is 0 Å². The Kier molecular flexibility index (Phi) is 3.02. The lowest BCUT2D eigenvalue weighted by molar-refractivity contribution is -0.0399. The maximum Gasteiger partial charge on any atom is 0.0195 e. The Morgan fingerprint density at radius 3 is 2.38 bits per heavy atom. The molecule has 21 heavy (non-hydrogen) atoms. The van der Waals surface area contributed by atoms with Gasteiger partial charge in [-0.1, -0.05) is 25.1 Å². The molecular formula is C20H29N. The summed E-state index contributed by atoms with van der Waals surface area (Å²) >= 11 is 0. The van der Waals surface area contributed by atoms with Crippen molar-refractivity contribution in [1.29, 1.82) is 0 Å². The van der Waals surface area contributed by atoms with Gasteiger partial charge in [-0.2, -0.15) is 0 Å². The van der Waals surface area contributed by atoms with E-state index in [9.17, 15) is 0 Å². The van der Waals surface area contributed by atoms with E-state index in [1.807, 2.05) is 0 Å². The van der Waals surface area contributed by atoms with E-state index in [1.54, 1.807) is 5.56 Å². The second-order valence-electron chi connectivity index (χ2n) is 8.35. The lowest BCUT2D eigenvalue weighted by Crippen LogP contribution is -2.63. The fourth-order valence-corrected chi connectivity index (χ4v) is 6.25. The molecule has 4 fully saturated rings. The molecule has 1 nitrogen and oxygen atoms in total. The number of aryl methyl sites for hydroxylation is 2. The number of rotatable bonds is 3. The number of hydrogen-bond donors (Lipinski definition) is 1. The minimum atomic E-state index is 0.456. The SMILES string of the molecule is CCNC12C[C@H]3C[C@@H](C1)CC(c1ccc(C)c(C)c1)(C3)C2. The van der Waals surface area contributed by atoms with Gasteiger partial charge in [-0.25, -0.2) is 0 Å². The fraction of sp³-hybridized carbons (Fsp3) is 0.700. The van der Waals surface area contributed by atoms with Gasteiger partial charge in [-0.05, 0) is 92.9 Å². The average molecular weight is 283 g/mol. The molecule has 4 aliphatic carbocycles. The molecule has 2 unspecified atom stereocenters. The van der Waals surface area contributed by atoms with E-state index in [0.29, 0.717) is 11.0 Å². The van der Waals surface area contributed by atoms with Crippen LogP contribution in [-0.4, -0.2) is 12.1 Å². The van der Waals surface area contributed by atoms with Crippen molar-refractivity contribution < 1.29 is 0 Å². The highest BCUT2D eigenvalue weighted by molar-refractivity contribution is 5.37. The highest BCUT2D eigenvalue weighted by atomic mass is 15.0. The van der Waals surface area contributed by atoms with Crippen LogP contribution in [0.1, 0.15) is 62.1 Å². The first-order chi connectivity index (χ1) is 10.0. The van der Waals surface area contributed by atoms with Crippen LogP contribution in [0.15, 0.2) is 18.2 Å². The molecule has 0 saturated heterocycles. The summed E-state index contributed by atoms with van der Waals surface area (Å²) in [6, 6.07) is 7.29. The van der Waals surface area contributed by atoms with Gasteiger partial charge in [0.2, 0.25) is 0 Å². The summed E-state index contributed by atoms with van der Waals surface area (Å²) in [7, 11) is 0. The molecule has 0 spiro atoms. The lowest BCUT2D eigenvalue weighted by Gasteiger charge is -2.62. The predicted octanol–water partition coefficient (Wildman–Crippen LogP) is 4.50. The Bertz CT molecular complexity index is 545. The molecule has 1 aromatic carbocycles. The quantitative estimate of drug-likeness (QED) is 0.861.